The van der Waals surface area contributed by atoms with E-state index in [-0.39, 0.29) is 5.56 Å². The molecule has 1 aromatic rings. The topological polar surface area (TPSA) is 26.0 Å². The third-order valence-electron chi connectivity index (χ3n) is 2.33. The largest absolute Gasteiger partial charge is 0.330 e. The van der Waals surface area contributed by atoms with E-state index in [0.29, 0.717) is 6.54 Å². The van der Waals surface area contributed by atoms with E-state index in [1.54, 1.807) is 6.07 Å². The van der Waals surface area contributed by atoms with Crippen molar-refractivity contribution < 1.29 is 8.78 Å². The summed E-state index contributed by atoms with van der Waals surface area (Å²) in [5.41, 5.74) is 7.39. The molecule has 0 radical (unpaired) electrons. The molecule has 84 valence electrons. The molecular formula is C12H17F2N. The summed E-state index contributed by atoms with van der Waals surface area (Å²) in [6.45, 7) is 2.51. The van der Waals surface area contributed by atoms with Crippen LogP contribution in [0.15, 0.2) is 18.2 Å². The standard InChI is InChI=1S/C12H17F2N/c1-9-6-10(4-2-3-5-15)8-11(7-9)12(13)14/h6-8,12H,2-5,15H2,1H3. The van der Waals surface area contributed by atoms with E-state index in [1.807, 2.05) is 13.0 Å². The molecule has 0 atom stereocenters. The quantitative estimate of drug-likeness (QED) is 0.747. The number of hydrogen-bond acceptors (Lipinski definition) is 1. The normalized spacial score (nSPS) is 11.0. The highest BCUT2D eigenvalue weighted by Gasteiger charge is 2.08. The zero-order chi connectivity index (χ0) is 11.3. The maximum absolute atomic E-state index is 12.5. The molecule has 0 amide bonds. The smallest absolute Gasteiger partial charge is 0.263 e. The van der Waals surface area contributed by atoms with Crippen molar-refractivity contribution in [1.82, 2.24) is 0 Å². The number of alkyl halides is 2. The molecule has 0 aromatic heterocycles. The second kappa shape index (κ2) is 5.81. The molecule has 0 heterocycles. The van der Waals surface area contributed by atoms with Crippen LogP contribution in [-0.4, -0.2) is 6.54 Å². The van der Waals surface area contributed by atoms with Crippen molar-refractivity contribution >= 4 is 0 Å². The van der Waals surface area contributed by atoms with Gasteiger partial charge in [-0.2, -0.15) is 0 Å². The summed E-state index contributed by atoms with van der Waals surface area (Å²) in [7, 11) is 0. The summed E-state index contributed by atoms with van der Waals surface area (Å²) in [6.07, 6.45) is 0.359. The van der Waals surface area contributed by atoms with Crippen LogP contribution in [0.1, 0.15) is 36.0 Å². The van der Waals surface area contributed by atoms with Crippen molar-refractivity contribution in [3.05, 3.63) is 34.9 Å². The Bertz CT molecular complexity index is 310. The van der Waals surface area contributed by atoms with Crippen LogP contribution < -0.4 is 5.73 Å². The highest BCUT2D eigenvalue weighted by atomic mass is 19.3. The van der Waals surface area contributed by atoms with Gasteiger partial charge in [-0.05, 0) is 38.3 Å². The van der Waals surface area contributed by atoms with E-state index in [9.17, 15) is 8.78 Å². The van der Waals surface area contributed by atoms with Gasteiger partial charge in [0.15, 0.2) is 0 Å². The van der Waals surface area contributed by atoms with Crippen molar-refractivity contribution in [3.63, 3.8) is 0 Å². The molecule has 0 unspecified atom stereocenters. The van der Waals surface area contributed by atoms with Crippen LogP contribution in [0.25, 0.3) is 0 Å². The second-order valence-corrected chi connectivity index (χ2v) is 3.80. The van der Waals surface area contributed by atoms with Gasteiger partial charge in [0.1, 0.15) is 0 Å². The van der Waals surface area contributed by atoms with Crippen molar-refractivity contribution in [2.45, 2.75) is 32.6 Å². The summed E-state index contributed by atoms with van der Waals surface area (Å²) in [5, 5.41) is 0. The molecule has 1 rings (SSSR count). The number of benzene rings is 1. The van der Waals surface area contributed by atoms with E-state index in [0.717, 1.165) is 30.4 Å². The number of unbranched alkanes of at least 4 members (excludes halogenated alkanes) is 1. The first-order valence-electron chi connectivity index (χ1n) is 5.22. The van der Waals surface area contributed by atoms with Gasteiger partial charge in [-0.3, -0.25) is 0 Å². The lowest BCUT2D eigenvalue weighted by Crippen LogP contribution is -1.99. The minimum absolute atomic E-state index is 0.123. The molecule has 0 fully saturated rings. The third-order valence-corrected chi connectivity index (χ3v) is 2.33. The van der Waals surface area contributed by atoms with Crippen LogP contribution in [0.5, 0.6) is 0 Å². The lowest BCUT2D eigenvalue weighted by molar-refractivity contribution is 0.151. The van der Waals surface area contributed by atoms with Crippen molar-refractivity contribution in [2.24, 2.45) is 5.73 Å². The van der Waals surface area contributed by atoms with Crippen molar-refractivity contribution in [3.8, 4) is 0 Å². The van der Waals surface area contributed by atoms with Crippen molar-refractivity contribution in [1.29, 1.82) is 0 Å². The molecule has 0 aliphatic heterocycles. The number of nitrogens with two attached hydrogens (primary N) is 1. The number of rotatable bonds is 5. The van der Waals surface area contributed by atoms with Gasteiger partial charge in [-0.15, -0.1) is 0 Å². The Labute approximate surface area is 89.3 Å². The zero-order valence-corrected chi connectivity index (χ0v) is 8.97. The third kappa shape index (κ3) is 3.96. The van der Waals surface area contributed by atoms with Crippen molar-refractivity contribution in [2.75, 3.05) is 6.54 Å². The van der Waals surface area contributed by atoms with Gasteiger partial charge in [0.2, 0.25) is 0 Å². The molecule has 0 aliphatic rings. The lowest BCUT2D eigenvalue weighted by atomic mass is 10.0. The highest BCUT2D eigenvalue weighted by molar-refractivity contribution is 5.30. The summed E-state index contributed by atoms with van der Waals surface area (Å²) in [6, 6.07) is 5.09. The fraction of sp³-hybridized carbons (Fsp3) is 0.500. The first kappa shape index (κ1) is 12.1. The van der Waals surface area contributed by atoms with Crippen LogP contribution in [0.3, 0.4) is 0 Å². The Kier molecular flexibility index (Phi) is 4.69. The Hall–Kier alpha value is -0.960. The summed E-state index contributed by atoms with van der Waals surface area (Å²) < 4.78 is 25.0. The Morgan fingerprint density at radius 2 is 1.93 bits per heavy atom. The monoisotopic (exact) mass is 213 g/mol. The summed E-state index contributed by atoms with van der Waals surface area (Å²) in [4.78, 5) is 0. The SMILES string of the molecule is Cc1cc(CCCCN)cc(C(F)F)c1. The first-order chi connectivity index (χ1) is 7.13. The summed E-state index contributed by atoms with van der Waals surface area (Å²) in [5.74, 6) is 0. The second-order valence-electron chi connectivity index (χ2n) is 3.80. The highest BCUT2D eigenvalue weighted by Crippen LogP contribution is 2.22. The van der Waals surface area contributed by atoms with E-state index in [2.05, 4.69) is 0 Å². The number of hydrogen-bond donors (Lipinski definition) is 1. The van der Waals surface area contributed by atoms with Crippen LogP contribution in [-0.2, 0) is 6.42 Å². The van der Waals surface area contributed by atoms with Crippen LogP contribution in [0, 0.1) is 6.92 Å². The molecule has 0 bridgehead atoms. The van der Waals surface area contributed by atoms with Gasteiger partial charge in [0.25, 0.3) is 6.43 Å². The van der Waals surface area contributed by atoms with Gasteiger partial charge in [-0.25, -0.2) is 8.78 Å². The predicted octanol–water partition coefficient (Wildman–Crippen LogP) is 3.21. The van der Waals surface area contributed by atoms with Gasteiger partial charge < -0.3 is 5.73 Å². The number of halogens is 2. The molecular weight excluding hydrogens is 196 g/mol. The molecule has 1 nitrogen and oxygen atoms in total. The van der Waals surface area contributed by atoms with Crippen LogP contribution in [0.4, 0.5) is 8.78 Å². The van der Waals surface area contributed by atoms with Crippen LogP contribution >= 0.6 is 0 Å². The minimum atomic E-state index is -2.38. The average molecular weight is 213 g/mol. The molecule has 15 heavy (non-hydrogen) atoms. The maximum Gasteiger partial charge on any atom is 0.263 e. The molecule has 2 N–H and O–H groups in total. The molecule has 3 heteroatoms. The first-order valence-corrected chi connectivity index (χ1v) is 5.22. The Balaban J connectivity index is 2.71. The molecule has 0 aliphatic carbocycles. The summed E-state index contributed by atoms with van der Waals surface area (Å²) >= 11 is 0. The average Bonchev–Trinajstić information content (AvgIpc) is 2.17. The fourth-order valence-electron chi connectivity index (χ4n) is 1.64. The van der Waals surface area contributed by atoms with E-state index in [1.165, 1.54) is 6.07 Å². The van der Waals surface area contributed by atoms with Gasteiger partial charge in [-0.1, -0.05) is 23.8 Å². The zero-order valence-electron chi connectivity index (χ0n) is 8.97. The molecule has 0 saturated heterocycles. The molecule has 0 saturated carbocycles. The van der Waals surface area contributed by atoms with Gasteiger partial charge in [0, 0.05) is 5.56 Å². The Morgan fingerprint density at radius 3 is 2.53 bits per heavy atom. The predicted molar refractivity (Wildman–Crippen MR) is 58.1 cm³/mol. The van der Waals surface area contributed by atoms with Gasteiger partial charge in [0.05, 0.1) is 0 Å². The maximum atomic E-state index is 12.5. The number of aryl methyl sites for hydroxylation is 2. The molecule has 0 spiro atoms. The lowest BCUT2D eigenvalue weighted by Gasteiger charge is -2.06. The van der Waals surface area contributed by atoms with Gasteiger partial charge >= 0.3 is 0 Å². The van der Waals surface area contributed by atoms with E-state index < -0.39 is 6.43 Å². The fourth-order valence-corrected chi connectivity index (χ4v) is 1.64. The molecule has 1 aromatic carbocycles. The minimum Gasteiger partial charge on any atom is -0.330 e. The van der Waals surface area contributed by atoms with Crippen LogP contribution in [0.2, 0.25) is 0 Å². The van der Waals surface area contributed by atoms with E-state index in [4.69, 9.17) is 5.73 Å². The van der Waals surface area contributed by atoms with E-state index >= 15 is 0 Å². The Morgan fingerprint density at radius 1 is 1.20 bits per heavy atom.